The number of aromatic nitrogens is 1. The molecule has 0 radical (unpaired) electrons. The third kappa shape index (κ3) is 4.38. The molecule has 240 valence electrons. The van der Waals surface area contributed by atoms with Crippen molar-refractivity contribution in [1.82, 2.24) is 4.57 Å². The predicted molar refractivity (Wildman–Crippen MR) is 213 cm³/mol. The van der Waals surface area contributed by atoms with Crippen LogP contribution in [0.25, 0.3) is 99.2 Å². The molecule has 3 nitrogen and oxygen atoms in total. The van der Waals surface area contributed by atoms with E-state index in [0.717, 1.165) is 68.0 Å². The number of allylic oxidation sites excluding steroid dienone is 4. The van der Waals surface area contributed by atoms with E-state index in [0.29, 0.717) is 0 Å². The summed E-state index contributed by atoms with van der Waals surface area (Å²) < 4.78 is 15.4. The van der Waals surface area contributed by atoms with Crippen molar-refractivity contribution < 1.29 is 8.83 Å². The molecule has 10 aromatic rings. The first-order chi connectivity index (χ1) is 25.3. The Morgan fingerprint density at radius 2 is 0.941 bits per heavy atom. The molecule has 0 unspecified atom stereocenters. The van der Waals surface area contributed by atoms with Crippen LogP contribution in [-0.4, -0.2) is 4.57 Å². The van der Waals surface area contributed by atoms with E-state index < -0.39 is 0 Å². The monoisotopic (exact) mass is 653 g/mol. The first-order valence-corrected chi connectivity index (χ1v) is 17.6. The Kier molecular flexibility index (Phi) is 6.08. The van der Waals surface area contributed by atoms with Crippen molar-refractivity contribution in [3.8, 4) is 27.9 Å². The lowest BCUT2D eigenvalue weighted by atomic mass is 9.97. The summed E-state index contributed by atoms with van der Waals surface area (Å²) in [4.78, 5) is 0. The first-order valence-electron chi connectivity index (χ1n) is 17.6. The zero-order valence-corrected chi connectivity index (χ0v) is 27.8. The summed E-state index contributed by atoms with van der Waals surface area (Å²) in [6, 6.07) is 52.2. The summed E-state index contributed by atoms with van der Waals surface area (Å²) in [7, 11) is 0. The Morgan fingerprint density at radius 3 is 1.57 bits per heavy atom. The fourth-order valence-corrected chi connectivity index (χ4v) is 8.19. The number of nitrogens with zero attached hydrogens (tertiary/aromatic N) is 1. The van der Waals surface area contributed by atoms with Gasteiger partial charge in [-0.25, -0.2) is 0 Å². The molecule has 0 spiro atoms. The fraction of sp³-hybridized carbons (Fsp3) is 0.0417. The summed E-state index contributed by atoms with van der Waals surface area (Å²) in [5, 5.41) is 6.82. The maximum Gasteiger partial charge on any atom is 0.136 e. The fourth-order valence-electron chi connectivity index (χ4n) is 8.19. The van der Waals surface area contributed by atoms with Crippen LogP contribution in [0, 0.1) is 0 Å². The highest BCUT2D eigenvalue weighted by Gasteiger charge is 2.20. The van der Waals surface area contributed by atoms with E-state index in [-0.39, 0.29) is 0 Å². The predicted octanol–water partition coefficient (Wildman–Crippen LogP) is 13.6. The average Bonchev–Trinajstić information content (AvgIpc) is 3.87. The number of fused-ring (bicyclic) bond motifs is 10. The zero-order valence-electron chi connectivity index (χ0n) is 27.8. The molecule has 0 N–H and O–H groups in total. The molecule has 11 rings (SSSR count). The number of benzene rings is 7. The zero-order chi connectivity index (χ0) is 33.5. The second kappa shape index (κ2) is 11.0. The van der Waals surface area contributed by atoms with E-state index in [9.17, 15) is 0 Å². The molecule has 0 fully saturated rings. The Hall–Kier alpha value is -6.58. The van der Waals surface area contributed by atoms with Gasteiger partial charge < -0.3 is 13.4 Å². The average molecular weight is 654 g/mol. The lowest BCUT2D eigenvalue weighted by Gasteiger charge is -2.10. The Morgan fingerprint density at radius 1 is 0.412 bits per heavy atom. The molecule has 0 bridgehead atoms. The van der Waals surface area contributed by atoms with Gasteiger partial charge in [-0.3, -0.25) is 0 Å². The van der Waals surface area contributed by atoms with Gasteiger partial charge in [0.15, 0.2) is 0 Å². The van der Waals surface area contributed by atoms with Gasteiger partial charge in [-0.2, -0.15) is 0 Å². The van der Waals surface area contributed by atoms with Gasteiger partial charge >= 0.3 is 0 Å². The van der Waals surface area contributed by atoms with Crippen molar-refractivity contribution in [2.45, 2.75) is 12.8 Å². The normalized spacial score (nSPS) is 13.4. The maximum absolute atomic E-state index is 6.53. The molecule has 0 amide bonds. The van der Waals surface area contributed by atoms with Gasteiger partial charge in [0.25, 0.3) is 0 Å². The van der Waals surface area contributed by atoms with Gasteiger partial charge in [0.05, 0.1) is 11.0 Å². The molecule has 0 aliphatic heterocycles. The van der Waals surface area contributed by atoms with Crippen LogP contribution in [0.3, 0.4) is 0 Å². The van der Waals surface area contributed by atoms with Crippen LogP contribution in [0.2, 0.25) is 0 Å². The van der Waals surface area contributed by atoms with Gasteiger partial charge in [-0.15, -0.1) is 0 Å². The van der Waals surface area contributed by atoms with Crippen molar-refractivity contribution in [3.05, 3.63) is 169 Å². The number of hydrogen-bond donors (Lipinski definition) is 0. The van der Waals surface area contributed by atoms with E-state index in [1.165, 1.54) is 49.6 Å². The molecule has 3 aromatic heterocycles. The van der Waals surface area contributed by atoms with E-state index >= 15 is 0 Å². The van der Waals surface area contributed by atoms with Gasteiger partial charge in [0.2, 0.25) is 0 Å². The van der Waals surface area contributed by atoms with E-state index in [1.807, 2.05) is 12.1 Å². The van der Waals surface area contributed by atoms with E-state index in [2.05, 4.69) is 156 Å². The highest BCUT2D eigenvalue weighted by molar-refractivity contribution is 6.26. The quantitative estimate of drug-likeness (QED) is 0.189. The third-order valence-corrected chi connectivity index (χ3v) is 10.6. The van der Waals surface area contributed by atoms with Crippen LogP contribution in [-0.2, 0) is 0 Å². The van der Waals surface area contributed by atoms with Crippen LogP contribution in [0.15, 0.2) is 173 Å². The molecule has 0 saturated heterocycles. The second-order valence-corrected chi connectivity index (χ2v) is 13.6. The molecule has 51 heavy (non-hydrogen) atoms. The highest BCUT2D eigenvalue weighted by atomic mass is 16.3. The molecule has 1 aliphatic carbocycles. The van der Waals surface area contributed by atoms with Gasteiger partial charge in [-0.05, 0) is 113 Å². The Bertz CT molecular complexity index is 3060. The van der Waals surface area contributed by atoms with E-state index in [4.69, 9.17) is 8.83 Å². The van der Waals surface area contributed by atoms with Crippen molar-refractivity contribution in [3.63, 3.8) is 0 Å². The molecular formula is C48H31NO2. The molecule has 3 heterocycles. The lowest BCUT2D eigenvalue weighted by Crippen LogP contribution is -1.94. The smallest absolute Gasteiger partial charge is 0.136 e. The molecular weight excluding hydrogens is 623 g/mol. The topological polar surface area (TPSA) is 31.2 Å². The maximum atomic E-state index is 6.53. The van der Waals surface area contributed by atoms with Gasteiger partial charge in [-0.1, -0.05) is 97.1 Å². The van der Waals surface area contributed by atoms with Crippen LogP contribution in [0.4, 0.5) is 0 Å². The summed E-state index contributed by atoms with van der Waals surface area (Å²) in [6.45, 7) is 0. The minimum atomic E-state index is 0.857. The summed E-state index contributed by atoms with van der Waals surface area (Å²) in [5.74, 6) is 0. The number of hydrogen-bond acceptors (Lipinski definition) is 2. The number of furan rings is 2. The van der Waals surface area contributed by atoms with Crippen molar-refractivity contribution in [1.29, 1.82) is 0 Å². The highest BCUT2D eigenvalue weighted by Crippen LogP contribution is 2.43. The van der Waals surface area contributed by atoms with E-state index in [1.54, 1.807) is 0 Å². The van der Waals surface area contributed by atoms with Crippen LogP contribution < -0.4 is 0 Å². The van der Waals surface area contributed by atoms with Crippen LogP contribution in [0.5, 0.6) is 0 Å². The SMILES string of the molecule is C1=CC(c2ccc3c(c2)c2cc(-c4ccccc4)ccc2n3-c2ccc3oc4ccc5oc6ccc(-c7ccccc7)cc6c5c4c3c2)=CCC1. The van der Waals surface area contributed by atoms with Gasteiger partial charge in [0, 0.05) is 38.0 Å². The minimum Gasteiger partial charge on any atom is -0.456 e. The number of rotatable bonds is 4. The Labute approximate surface area is 294 Å². The second-order valence-electron chi connectivity index (χ2n) is 13.6. The Balaban J connectivity index is 1.17. The van der Waals surface area contributed by atoms with Gasteiger partial charge in [0.1, 0.15) is 22.3 Å². The van der Waals surface area contributed by atoms with Crippen LogP contribution in [0.1, 0.15) is 18.4 Å². The van der Waals surface area contributed by atoms with Crippen molar-refractivity contribution >= 4 is 71.3 Å². The standard InChI is InChI=1S/C48H31NO2/c1-4-10-30(11-5-1)33-16-20-41-37(26-33)38-27-34(31-12-6-2-7-13-31)17-21-42(38)49(41)36-19-23-44-40(29-36)48-46(51-44)25-24-45-47(48)39-28-35(18-22-43(39)50-45)32-14-8-3-9-15-32/h1,3-6,8-29H,2,7H2. The van der Waals surface area contributed by atoms with Crippen molar-refractivity contribution in [2.24, 2.45) is 0 Å². The molecule has 1 aliphatic rings. The molecule has 0 saturated carbocycles. The van der Waals surface area contributed by atoms with Crippen LogP contribution >= 0.6 is 0 Å². The van der Waals surface area contributed by atoms with Crippen molar-refractivity contribution in [2.75, 3.05) is 0 Å². The third-order valence-electron chi connectivity index (χ3n) is 10.6. The molecule has 0 atom stereocenters. The summed E-state index contributed by atoms with van der Waals surface area (Å²) in [6.07, 6.45) is 9.08. The summed E-state index contributed by atoms with van der Waals surface area (Å²) in [5.41, 5.74) is 14.2. The lowest BCUT2D eigenvalue weighted by molar-refractivity contribution is 0.663. The first kappa shape index (κ1) is 28.3. The molecule has 7 aromatic carbocycles. The minimum absolute atomic E-state index is 0.857. The molecule has 3 heteroatoms. The summed E-state index contributed by atoms with van der Waals surface area (Å²) >= 11 is 0. The largest absolute Gasteiger partial charge is 0.456 e.